The van der Waals surface area contributed by atoms with Gasteiger partial charge in [-0.15, -0.1) is 0 Å². The van der Waals surface area contributed by atoms with Crippen LogP contribution in [0.2, 0.25) is 0 Å². The topological polar surface area (TPSA) is 48.4 Å². The van der Waals surface area contributed by atoms with Crippen molar-refractivity contribution in [2.24, 2.45) is 0 Å². The Balaban J connectivity index is 2.77. The summed E-state index contributed by atoms with van der Waals surface area (Å²) in [5, 5.41) is 0. The molecule has 0 atom stereocenters. The summed E-state index contributed by atoms with van der Waals surface area (Å²) in [6, 6.07) is 3.53. The number of ketones is 1. The van der Waals surface area contributed by atoms with Crippen molar-refractivity contribution in [3.05, 3.63) is 29.6 Å². The Morgan fingerprint density at radius 1 is 1.31 bits per heavy atom. The van der Waals surface area contributed by atoms with E-state index in [1.165, 1.54) is 0 Å². The highest BCUT2D eigenvalue weighted by atomic mass is 16.7. The highest BCUT2D eigenvalue weighted by molar-refractivity contribution is 5.98. The predicted molar refractivity (Wildman–Crippen MR) is 60.3 cm³/mol. The molecule has 0 bridgehead atoms. The minimum absolute atomic E-state index is 0.184. The van der Waals surface area contributed by atoms with E-state index in [9.17, 15) is 4.79 Å². The van der Waals surface area contributed by atoms with Crippen molar-refractivity contribution >= 4 is 5.78 Å². The summed E-state index contributed by atoms with van der Waals surface area (Å²) < 4.78 is 10.5. The van der Waals surface area contributed by atoms with Crippen LogP contribution >= 0.6 is 0 Å². The van der Waals surface area contributed by atoms with Gasteiger partial charge in [-0.25, -0.2) is 0 Å². The molecule has 1 aromatic rings. The second kappa shape index (κ2) is 6.35. The smallest absolute Gasteiger partial charge is 0.222 e. The molecular weight excluding hydrogens is 206 g/mol. The van der Waals surface area contributed by atoms with Gasteiger partial charge in [-0.1, -0.05) is 0 Å². The van der Waals surface area contributed by atoms with E-state index in [-0.39, 0.29) is 5.78 Å². The first kappa shape index (κ1) is 12.8. The maximum absolute atomic E-state index is 11.9. The zero-order valence-corrected chi connectivity index (χ0v) is 9.90. The van der Waals surface area contributed by atoms with Gasteiger partial charge in [-0.2, -0.15) is 0 Å². The van der Waals surface area contributed by atoms with Crippen LogP contribution in [0.25, 0.3) is 0 Å². The number of nitrogens with zero attached hydrogens (tertiary/aromatic N) is 1. The van der Waals surface area contributed by atoms with E-state index in [0.29, 0.717) is 18.8 Å². The largest absolute Gasteiger partial charge is 0.346 e. The second-order valence-electron chi connectivity index (χ2n) is 3.30. The second-order valence-corrected chi connectivity index (χ2v) is 3.30. The number of Topliss-reactive ketones (excluding diaryl/α,β-unsaturated/α-hetero) is 1. The lowest BCUT2D eigenvalue weighted by molar-refractivity contribution is -0.107. The minimum Gasteiger partial charge on any atom is -0.346 e. The molecule has 16 heavy (non-hydrogen) atoms. The maximum atomic E-state index is 11.9. The van der Waals surface area contributed by atoms with E-state index < -0.39 is 6.29 Å². The van der Waals surface area contributed by atoms with Crippen LogP contribution in [0.15, 0.2) is 18.3 Å². The summed E-state index contributed by atoms with van der Waals surface area (Å²) in [4.78, 5) is 16.0. The van der Waals surface area contributed by atoms with Gasteiger partial charge in [0.05, 0.1) is 0 Å². The van der Waals surface area contributed by atoms with Crippen LogP contribution in [0.1, 0.15) is 29.9 Å². The molecule has 0 amide bonds. The summed E-state index contributed by atoms with van der Waals surface area (Å²) in [5.41, 5.74) is 1.39. The molecule has 0 spiro atoms. The molecule has 0 aliphatic carbocycles. The molecule has 0 aliphatic heterocycles. The average molecular weight is 223 g/mol. The fourth-order valence-corrected chi connectivity index (χ4v) is 1.25. The molecule has 88 valence electrons. The number of aryl methyl sites for hydroxylation is 1. The molecule has 1 heterocycles. The Bertz CT molecular complexity index is 329. The summed E-state index contributed by atoms with van der Waals surface area (Å²) in [6.45, 7) is 6.40. The van der Waals surface area contributed by atoms with Gasteiger partial charge in [-0.05, 0) is 32.9 Å². The molecule has 0 aromatic carbocycles. The van der Waals surface area contributed by atoms with E-state index in [1.54, 1.807) is 18.3 Å². The third-order valence-electron chi connectivity index (χ3n) is 2.05. The first-order valence-electron chi connectivity index (χ1n) is 5.39. The van der Waals surface area contributed by atoms with Gasteiger partial charge in [0, 0.05) is 30.7 Å². The molecular formula is C12H17NO3. The molecule has 4 heteroatoms. The molecule has 0 unspecified atom stereocenters. The Morgan fingerprint density at radius 2 is 1.94 bits per heavy atom. The Hall–Kier alpha value is -1.26. The monoisotopic (exact) mass is 223 g/mol. The van der Waals surface area contributed by atoms with Gasteiger partial charge in [0.2, 0.25) is 12.1 Å². The Morgan fingerprint density at radius 3 is 2.38 bits per heavy atom. The molecule has 0 radical (unpaired) electrons. The lowest BCUT2D eigenvalue weighted by atomic mass is 10.2. The molecule has 1 rings (SSSR count). The van der Waals surface area contributed by atoms with E-state index in [4.69, 9.17) is 9.47 Å². The number of ether oxygens (including phenoxy) is 2. The lowest BCUT2D eigenvalue weighted by Gasteiger charge is -2.15. The van der Waals surface area contributed by atoms with Gasteiger partial charge >= 0.3 is 0 Å². The highest BCUT2D eigenvalue weighted by Gasteiger charge is 2.20. The molecule has 1 aromatic heterocycles. The fourth-order valence-electron chi connectivity index (χ4n) is 1.25. The van der Waals surface area contributed by atoms with Gasteiger partial charge in [0.25, 0.3) is 0 Å². The van der Waals surface area contributed by atoms with Gasteiger partial charge in [0.15, 0.2) is 0 Å². The first-order valence-corrected chi connectivity index (χ1v) is 5.39. The standard InChI is InChI=1S/C12H17NO3/c1-4-15-12(16-5-2)11(14)10-7-6-9(3)13-8-10/h6-8,12H,4-5H2,1-3H3. The van der Waals surface area contributed by atoms with E-state index in [1.807, 2.05) is 20.8 Å². The van der Waals surface area contributed by atoms with Crippen molar-refractivity contribution in [3.63, 3.8) is 0 Å². The van der Waals surface area contributed by atoms with Gasteiger partial charge in [0.1, 0.15) is 0 Å². The van der Waals surface area contributed by atoms with E-state index in [0.717, 1.165) is 5.69 Å². The van der Waals surface area contributed by atoms with Crippen molar-refractivity contribution in [3.8, 4) is 0 Å². The zero-order valence-electron chi connectivity index (χ0n) is 9.90. The first-order chi connectivity index (χ1) is 7.69. The number of pyridine rings is 1. The number of rotatable bonds is 6. The highest BCUT2D eigenvalue weighted by Crippen LogP contribution is 2.07. The third kappa shape index (κ3) is 3.40. The predicted octanol–water partition coefficient (Wildman–Crippen LogP) is 1.97. The van der Waals surface area contributed by atoms with Crippen LogP contribution in [0.5, 0.6) is 0 Å². The zero-order chi connectivity index (χ0) is 12.0. The van der Waals surface area contributed by atoms with E-state index >= 15 is 0 Å². The van der Waals surface area contributed by atoms with Crippen molar-refractivity contribution in [1.82, 2.24) is 4.98 Å². The van der Waals surface area contributed by atoms with Crippen LogP contribution in [0.3, 0.4) is 0 Å². The number of carbonyl (C=O) groups excluding carboxylic acids is 1. The third-order valence-corrected chi connectivity index (χ3v) is 2.05. The fraction of sp³-hybridized carbons (Fsp3) is 0.500. The number of aromatic nitrogens is 1. The van der Waals surface area contributed by atoms with Crippen molar-refractivity contribution in [2.45, 2.75) is 27.1 Å². The number of carbonyl (C=O) groups is 1. The van der Waals surface area contributed by atoms with Crippen molar-refractivity contribution in [1.29, 1.82) is 0 Å². The lowest BCUT2D eigenvalue weighted by Crippen LogP contribution is -2.27. The quantitative estimate of drug-likeness (QED) is 0.546. The normalized spacial score (nSPS) is 10.8. The summed E-state index contributed by atoms with van der Waals surface area (Å²) >= 11 is 0. The molecule has 0 fully saturated rings. The van der Waals surface area contributed by atoms with Crippen LogP contribution in [0.4, 0.5) is 0 Å². The molecule has 0 N–H and O–H groups in total. The number of hydrogen-bond donors (Lipinski definition) is 0. The Kier molecular flexibility index (Phi) is 5.08. The van der Waals surface area contributed by atoms with Gasteiger partial charge < -0.3 is 9.47 Å². The SMILES string of the molecule is CCOC(OCC)C(=O)c1ccc(C)nc1. The van der Waals surface area contributed by atoms with E-state index in [2.05, 4.69) is 4.98 Å². The number of hydrogen-bond acceptors (Lipinski definition) is 4. The Labute approximate surface area is 95.6 Å². The van der Waals surface area contributed by atoms with Crippen LogP contribution in [0, 0.1) is 6.92 Å². The maximum Gasteiger partial charge on any atom is 0.222 e. The summed E-state index contributed by atoms with van der Waals surface area (Å²) in [6.07, 6.45) is 0.724. The molecule has 0 saturated heterocycles. The minimum atomic E-state index is -0.820. The molecule has 4 nitrogen and oxygen atoms in total. The van der Waals surface area contributed by atoms with Crippen LogP contribution < -0.4 is 0 Å². The van der Waals surface area contributed by atoms with Crippen molar-refractivity contribution < 1.29 is 14.3 Å². The van der Waals surface area contributed by atoms with Crippen LogP contribution in [-0.4, -0.2) is 30.3 Å². The summed E-state index contributed by atoms with van der Waals surface area (Å²) in [7, 11) is 0. The van der Waals surface area contributed by atoms with Crippen molar-refractivity contribution in [2.75, 3.05) is 13.2 Å². The summed E-state index contributed by atoms with van der Waals surface area (Å²) in [5.74, 6) is -0.184. The molecule has 0 saturated carbocycles. The average Bonchev–Trinajstić information content (AvgIpc) is 2.29. The van der Waals surface area contributed by atoms with Gasteiger partial charge in [-0.3, -0.25) is 9.78 Å². The molecule has 0 aliphatic rings. The van der Waals surface area contributed by atoms with Crippen LogP contribution in [-0.2, 0) is 9.47 Å².